The van der Waals surface area contributed by atoms with E-state index in [4.69, 9.17) is 5.26 Å². The molecular weight excluding hydrogens is 218 g/mol. The molecule has 0 fully saturated rings. The normalized spacial score (nSPS) is 5.90. The van der Waals surface area contributed by atoms with Crippen molar-refractivity contribution >= 4 is 29.6 Å². The molecule has 44 valence electrons. The molecule has 0 saturated heterocycles. The first-order valence-electron chi connectivity index (χ1n) is 2.03. The van der Waals surface area contributed by atoms with Gasteiger partial charge in [-0.3, -0.25) is 0 Å². The smallest absolute Gasteiger partial charge is 0.789 e. The second-order valence-corrected chi connectivity index (χ2v) is 2.09. The van der Waals surface area contributed by atoms with Crippen LogP contribution in [0.5, 0.6) is 0 Å². The van der Waals surface area contributed by atoms with Gasteiger partial charge in [-0.15, -0.1) is 0 Å². The molecule has 0 unspecified atom stereocenters. The van der Waals surface area contributed by atoms with Crippen LogP contribution in [0.15, 0.2) is 4.99 Å². The average molecular weight is 222 g/mol. The van der Waals surface area contributed by atoms with E-state index < -0.39 is 0 Å². The first-order chi connectivity index (χ1) is 3.77. The van der Waals surface area contributed by atoms with Gasteiger partial charge in [-0.2, -0.15) is 5.26 Å². The summed E-state index contributed by atoms with van der Waals surface area (Å²) in [6.07, 6.45) is 0.400. The third kappa shape index (κ3) is 17.1. The third-order valence-electron chi connectivity index (χ3n) is 0.465. The van der Waals surface area contributed by atoms with Crippen molar-refractivity contribution in [1.82, 2.24) is 0 Å². The Balaban J connectivity index is -0.000000245. The second-order valence-electron chi connectivity index (χ2n) is 1.06. The van der Waals surface area contributed by atoms with Crippen LogP contribution in [-0.2, 0) is 25.3 Å². The van der Waals surface area contributed by atoms with Crippen molar-refractivity contribution in [1.29, 1.82) is 5.26 Å². The van der Waals surface area contributed by atoms with Crippen LogP contribution in [0.3, 0.4) is 0 Å². The number of hydrogen-bond acceptors (Lipinski definition) is 4. The largest absolute Gasteiger partial charge is 1.00 e. The Kier molecular flexibility index (Phi) is 26.8. The van der Waals surface area contributed by atoms with Crippen molar-refractivity contribution in [3.05, 3.63) is 0 Å². The van der Waals surface area contributed by atoms with E-state index in [0.29, 0.717) is 13.0 Å². The summed E-state index contributed by atoms with van der Waals surface area (Å²) < 4.78 is 0.209. The van der Waals surface area contributed by atoms with Gasteiger partial charge in [-0.1, -0.05) is 0 Å². The van der Waals surface area contributed by atoms with Crippen molar-refractivity contribution in [2.75, 3.05) is 6.54 Å². The van der Waals surface area contributed by atoms with Crippen LogP contribution < -0.4 is 103 Å². The molecule has 2 nitrogen and oxygen atoms in total. The monoisotopic (exact) mass is 222 g/mol. The maximum absolute atomic E-state index is 7.99. The van der Waals surface area contributed by atoms with Gasteiger partial charge in [0.1, 0.15) is 0 Å². The standard InChI is InChI=1S/C4H6N2S2.2K/c5-2-1-3-6-4(7)8;;/h1,3H2,(H2,6,7,8);;/q;2*+1/p-2. The maximum Gasteiger partial charge on any atom is 1.00 e. The fraction of sp³-hybridized carbons (Fsp3) is 0.500. The van der Waals surface area contributed by atoms with Crippen molar-refractivity contribution in [3.63, 3.8) is 0 Å². The summed E-state index contributed by atoms with van der Waals surface area (Å²) in [4.78, 5) is 3.64. The van der Waals surface area contributed by atoms with Gasteiger partial charge in [-0.25, -0.2) is 4.38 Å². The topological polar surface area (TPSA) is 36.1 Å². The van der Waals surface area contributed by atoms with E-state index in [1.807, 2.05) is 6.07 Å². The molecule has 0 saturated carbocycles. The predicted molar refractivity (Wildman–Crippen MR) is 37.3 cm³/mol. The van der Waals surface area contributed by atoms with Crippen LogP contribution in [0.2, 0.25) is 0 Å². The molecule has 0 bridgehead atoms. The summed E-state index contributed by atoms with van der Waals surface area (Å²) in [5, 5.41) is 7.99. The summed E-state index contributed by atoms with van der Waals surface area (Å²) >= 11 is 8.90. The molecule has 0 rings (SSSR count). The minimum Gasteiger partial charge on any atom is -0.789 e. The molecule has 10 heavy (non-hydrogen) atoms. The molecule has 6 heteroatoms. The Morgan fingerprint density at radius 2 is 1.90 bits per heavy atom. The molecule has 0 aliphatic carbocycles. The molecule has 0 aromatic rings. The van der Waals surface area contributed by atoms with Gasteiger partial charge in [-0.05, 0) is 0 Å². The molecule has 0 atom stereocenters. The van der Waals surface area contributed by atoms with E-state index in [1.165, 1.54) is 0 Å². The summed E-state index contributed by atoms with van der Waals surface area (Å²) in [6, 6.07) is 1.92. The van der Waals surface area contributed by atoms with Crippen LogP contribution in [0, 0.1) is 11.3 Å². The molecule has 0 heterocycles. The number of aliphatic imine (C=N–C) groups is 1. The van der Waals surface area contributed by atoms with Gasteiger partial charge in [0, 0.05) is 6.54 Å². The van der Waals surface area contributed by atoms with Gasteiger partial charge in [0.2, 0.25) is 0 Å². The molecule has 0 aliphatic rings. The Morgan fingerprint density at radius 3 is 2.20 bits per heavy atom. The number of nitrogens with zero attached hydrogens (tertiary/aromatic N) is 2. The van der Waals surface area contributed by atoms with E-state index >= 15 is 0 Å². The predicted octanol–water partition coefficient (Wildman–Crippen LogP) is -5.64. The first-order valence-corrected chi connectivity index (χ1v) is 2.84. The number of hydrogen-bond donors (Lipinski definition) is 0. The van der Waals surface area contributed by atoms with Gasteiger partial charge in [0.15, 0.2) is 0 Å². The van der Waals surface area contributed by atoms with Crippen LogP contribution in [0.1, 0.15) is 6.42 Å². The van der Waals surface area contributed by atoms with Crippen LogP contribution >= 0.6 is 0 Å². The zero-order chi connectivity index (χ0) is 6.41. The molecule has 0 aliphatic heterocycles. The quantitative estimate of drug-likeness (QED) is 0.154. The van der Waals surface area contributed by atoms with Gasteiger partial charge in [0.25, 0.3) is 0 Å². The Morgan fingerprint density at radius 1 is 1.40 bits per heavy atom. The maximum atomic E-state index is 7.99. The Bertz CT molecular complexity index is 128. The van der Waals surface area contributed by atoms with Crippen molar-refractivity contribution in [2.45, 2.75) is 6.42 Å². The zero-order valence-corrected chi connectivity index (χ0v) is 14.0. The summed E-state index contributed by atoms with van der Waals surface area (Å²) in [6.45, 7) is 0.443. The number of nitriles is 1. The molecular formula is C4H4K2N2S2. The first kappa shape index (κ1) is 18.6. The second kappa shape index (κ2) is 14.4. The van der Waals surface area contributed by atoms with Crippen LogP contribution in [-0.4, -0.2) is 10.9 Å². The minimum atomic E-state index is 0. The van der Waals surface area contributed by atoms with E-state index in [-0.39, 0.29) is 107 Å². The Hall–Kier alpha value is 2.87. The SMILES string of the molecule is N#CCCN=C([S-])[S-].[K+].[K+]. The third-order valence-corrected chi connectivity index (χ3v) is 0.723. The molecule has 0 spiro atoms. The molecule has 0 radical (unpaired) electrons. The van der Waals surface area contributed by atoms with E-state index in [2.05, 4.69) is 30.2 Å². The van der Waals surface area contributed by atoms with Crippen LogP contribution in [0.25, 0.3) is 0 Å². The summed E-state index contributed by atoms with van der Waals surface area (Å²) in [5.74, 6) is 0. The molecule has 0 N–H and O–H groups in total. The minimum absolute atomic E-state index is 0. The van der Waals surface area contributed by atoms with Gasteiger partial charge < -0.3 is 30.2 Å². The summed E-state index contributed by atoms with van der Waals surface area (Å²) in [7, 11) is 0. The van der Waals surface area contributed by atoms with Gasteiger partial charge >= 0.3 is 103 Å². The molecule has 0 amide bonds. The summed E-state index contributed by atoms with van der Waals surface area (Å²) in [5.41, 5.74) is 0. The average Bonchev–Trinajstić information content (AvgIpc) is 1.66. The van der Waals surface area contributed by atoms with E-state index in [1.54, 1.807) is 0 Å². The zero-order valence-electron chi connectivity index (χ0n) is 6.13. The van der Waals surface area contributed by atoms with E-state index in [9.17, 15) is 0 Å². The molecule has 0 aromatic heterocycles. The van der Waals surface area contributed by atoms with Crippen molar-refractivity contribution < 1.29 is 103 Å². The van der Waals surface area contributed by atoms with Crippen molar-refractivity contribution in [3.8, 4) is 6.07 Å². The molecule has 0 aromatic carbocycles. The van der Waals surface area contributed by atoms with Gasteiger partial charge in [0.05, 0.1) is 12.5 Å². The fourth-order valence-electron chi connectivity index (χ4n) is 0.197. The van der Waals surface area contributed by atoms with Crippen molar-refractivity contribution in [2.24, 2.45) is 4.99 Å². The number of rotatable bonds is 2. The fourth-order valence-corrected chi connectivity index (χ4v) is 0.380. The van der Waals surface area contributed by atoms with Crippen LogP contribution in [0.4, 0.5) is 0 Å². The van der Waals surface area contributed by atoms with E-state index in [0.717, 1.165) is 0 Å². The Labute approximate surface area is 157 Å².